The summed E-state index contributed by atoms with van der Waals surface area (Å²) in [5.74, 6) is 0.845. The van der Waals surface area contributed by atoms with Crippen molar-refractivity contribution in [3.05, 3.63) is 11.1 Å². The molecule has 0 aromatic heterocycles. The van der Waals surface area contributed by atoms with E-state index >= 15 is 0 Å². The summed E-state index contributed by atoms with van der Waals surface area (Å²) < 4.78 is 0. The van der Waals surface area contributed by atoms with E-state index in [1.54, 1.807) is 11.1 Å². The second-order valence-corrected chi connectivity index (χ2v) is 4.17. The summed E-state index contributed by atoms with van der Waals surface area (Å²) in [5, 5.41) is 0. The van der Waals surface area contributed by atoms with Crippen molar-refractivity contribution >= 4 is 0 Å². The molecule has 0 amide bonds. The zero-order valence-electron chi connectivity index (χ0n) is 8.49. The highest BCUT2D eigenvalue weighted by Crippen LogP contribution is 2.59. The van der Waals surface area contributed by atoms with Gasteiger partial charge in [0.2, 0.25) is 0 Å². The first-order chi connectivity index (χ1) is 5.05. The quantitative estimate of drug-likeness (QED) is 0.528. The molecule has 11 heavy (non-hydrogen) atoms. The van der Waals surface area contributed by atoms with Crippen LogP contribution in [0, 0.1) is 11.3 Å². The summed E-state index contributed by atoms with van der Waals surface area (Å²) in [6.07, 6.45) is 2.50. The highest BCUT2D eigenvalue weighted by molar-refractivity contribution is 5.39. The lowest BCUT2D eigenvalue weighted by atomic mass is 10.1. The Hall–Kier alpha value is -0.260. The molecule has 0 bridgehead atoms. The van der Waals surface area contributed by atoms with Gasteiger partial charge in [0.05, 0.1) is 0 Å². The minimum absolute atomic E-state index is 0.529. The van der Waals surface area contributed by atoms with Crippen molar-refractivity contribution in [3.63, 3.8) is 0 Å². The number of allylic oxidation sites excluding steroid dienone is 2. The molecule has 0 aromatic rings. The molecule has 0 aromatic carbocycles. The van der Waals surface area contributed by atoms with Crippen molar-refractivity contribution in [2.75, 3.05) is 0 Å². The zero-order chi connectivity index (χ0) is 8.65. The monoisotopic (exact) mass is 152 g/mol. The van der Waals surface area contributed by atoms with Crippen LogP contribution in [0.5, 0.6) is 0 Å². The van der Waals surface area contributed by atoms with E-state index in [0.29, 0.717) is 5.41 Å². The van der Waals surface area contributed by atoms with Gasteiger partial charge in [-0.3, -0.25) is 0 Å². The first-order valence-electron chi connectivity index (χ1n) is 4.78. The largest absolute Gasteiger partial charge is 0.0707 e. The Kier molecular flexibility index (Phi) is 2.13. The third kappa shape index (κ3) is 1.23. The van der Waals surface area contributed by atoms with Gasteiger partial charge in [-0.15, -0.1) is 0 Å². The molecule has 0 radical (unpaired) electrons. The first kappa shape index (κ1) is 8.83. The average molecular weight is 152 g/mol. The van der Waals surface area contributed by atoms with E-state index in [0.717, 1.165) is 5.92 Å². The Labute approximate surface area is 70.7 Å². The molecule has 0 heterocycles. The lowest BCUT2D eigenvalue weighted by Crippen LogP contribution is -1.86. The van der Waals surface area contributed by atoms with Gasteiger partial charge in [0.1, 0.15) is 0 Å². The minimum Gasteiger partial charge on any atom is -0.0707 e. The van der Waals surface area contributed by atoms with Crippen LogP contribution in [0.1, 0.15) is 47.5 Å². The topological polar surface area (TPSA) is 0 Å². The van der Waals surface area contributed by atoms with E-state index in [2.05, 4.69) is 34.6 Å². The van der Waals surface area contributed by atoms with Crippen LogP contribution in [0.3, 0.4) is 0 Å². The minimum atomic E-state index is 0.529. The maximum absolute atomic E-state index is 2.36. The van der Waals surface area contributed by atoms with Crippen molar-refractivity contribution in [2.45, 2.75) is 47.5 Å². The molecule has 1 rings (SSSR count). The van der Waals surface area contributed by atoms with Crippen LogP contribution >= 0.6 is 0 Å². The third-order valence-corrected chi connectivity index (χ3v) is 3.36. The maximum Gasteiger partial charge on any atom is -0.00759 e. The maximum atomic E-state index is 2.36. The van der Waals surface area contributed by atoms with Gasteiger partial charge in [-0.05, 0) is 24.2 Å². The van der Waals surface area contributed by atoms with Crippen LogP contribution in [0.25, 0.3) is 0 Å². The van der Waals surface area contributed by atoms with E-state index in [1.165, 1.54) is 12.8 Å². The third-order valence-electron chi connectivity index (χ3n) is 3.36. The summed E-state index contributed by atoms with van der Waals surface area (Å²) >= 11 is 0. The fraction of sp³-hybridized carbons (Fsp3) is 0.818. The van der Waals surface area contributed by atoms with Crippen LogP contribution in [0.15, 0.2) is 11.1 Å². The molecule has 0 spiro atoms. The first-order valence-corrected chi connectivity index (χ1v) is 4.78. The molecule has 1 aliphatic rings. The van der Waals surface area contributed by atoms with Crippen molar-refractivity contribution in [1.82, 2.24) is 0 Å². The Morgan fingerprint density at radius 1 is 1.27 bits per heavy atom. The van der Waals surface area contributed by atoms with E-state index < -0.39 is 0 Å². The molecule has 0 N–H and O–H groups in total. The molecule has 0 saturated heterocycles. The van der Waals surface area contributed by atoms with Crippen LogP contribution in [0.4, 0.5) is 0 Å². The van der Waals surface area contributed by atoms with Crippen molar-refractivity contribution < 1.29 is 0 Å². The standard InChI is InChI=1S/C11H20/c1-6-9(7-2)10-8(3)11(10,4)5/h8H,6-7H2,1-5H3. The molecule has 1 unspecified atom stereocenters. The highest BCUT2D eigenvalue weighted by Gasteiger charge is 2.49. The fourth-order valence-electron chi connectivity index (χ4n) is 2.16. The second kappa shape index (κ2) is 2.66. The average Bonchev–Trinajstić information content (AvgIpc) is 2.41. The van der Waals surface area contributed by atoms with Gasteiger partial charge in [-0.2, -0.15) is 0 Å². The SMILES string of the molecule is CCC(CC)=C1C(C)C1(C)C. The molecule has 1 aliphatic carbocycles. The molecule has 1 fully saturated rings. The van der Waals surface area contributed by atoms with Crippen molar-refractivity contribution in [3.8, 4) is 0 Å². The van der Waals surface area contributed by atoms with Crippen LogP contribution in [0.2, 0.25) is 0 Å². The number of hydrogen-bond acceptors (Lipinski definition) is 0. The predicted molar refractivity (Wildman–Crippen MR) is 50.6 cm³/mol. The Morgan fingerprint density at radius 2 is 1.64 bits per heavy atom. The van der Waals surface area contributed by atoms with E-state index in [-0.39, 0.29) is 0 Å². The van der Waals surface area contributed by atoms with Gasteiger partial charge in [0.15, 0.2) is 0 Å². The van der Waals surface area contributed by atoms with Gasteiger partial charge in [-0.25, -0.2) is 0 Å². The zero-order valence-corrected chi connectivity index (χ0v) is 8.49. The molecule has 0 aliphatic heterocycles. The summed E-state index contributed by atoms with van der Waals surface area (Å²) in [4.78, 5) is 0. The Bertz CT molecular complexity index is 178. The lowest BCUT2D eigenvalue weighted by Gasteiger charge is -2.00. The summed E-state index contributed by atoms with van der Waals surface area (Å²) in [6, 6.07) is 0. The smallest absolute Gasteiger partial charge is 0.00759 e. The number of hydrogen-bond donors (Lipinski definition) is 0. The molecule has 1 atom stereocenters. The van der Waals surface area contributed by atoms with Gasteiger partial charge in [0.25, 0.3) is 0 Å². The van der Waals surface area contributed by atoms with E-state index in [1.807, 2.05) is 0 Å². The molecule has 0 heteroatoms. The predicted octanol–water partition coefficient (Wildman–Crippen LogP) is 3.78. The van der Waals surface area contributed by atoms with Crippen molar-refractivity contribution in [2.24, 2.45) is 11.3 Å². The van der Waals surface area contributed by atoms with Crippen LogP contribution < -0.4 is 0 Å². The van der Waals surface area contributed by atoms with Gasteiger partial charge >= 0.3 is 0 Å². The molecule has 1 saturated carbocycles. The molecule has 64 valence electrons. The number of rotatable bonds is 2. The summed E-state index contributed by atoms with van der Waals surface area (Å²) in [7, 11) is 0. The van der Waals surface area contributed by atoms with E-state index in [9.17, 15) is 0 Å². The van der Waals surface area contributed by atoms with Crippen molar-refractivity contribution in [1.29, 1.82) is 0 Å². The molecular weight excluding hydrogens is 132 g/mol. The van der Waals surface area contributed by atoms with Gasteiger partial charge in [-0.1, -0.05) is 45.8 Å². The lowest BCUT2D eigenvalue weighted by molar-refractivity contribution is 0.595. The van der Waals surface area contributed by atoms with E-state index in [4.69, 9.17) is 0 Å². The normalized spacial score (nSPS) is 27.0. The van der Waals surface area contributed by atoms with Crippen LogP contribution in [-0.4, -0.2) is 0 Å². The second-order valence-electron chi connectivity index (χ2n) is 4.17. The molecular formula is C11H20. The Balaban J connectivity index is 2.83. The van der Waals surface area contributed by atoms with Gasteiger partial charge in [0, 0.05) is 0 Å². The highest BCUT2D eigenvalue weighted by atomic mass is 14.5. The van der Waals surface area contributed by atoms with Crippen LogP contribution in [-0.2, 0) is 0 Å². The summed E-state index contributed by atoms with van der Waals surface area (Å²) in [5.41, 5.74) is 3.96. The summed E-state index contributed by atoms with van der Waals surface area (Å²) in [6.45, 7) is 11.6. The fourth-order valence-corrected chi connectivity index (χ4v) is 2.16. The molecule has 0 nitrogen and oxygen atoms in total. The van der Waals surface area contributed by atoms with Gasteiger partial charge < -0.3 is 0 Å². The Morgan fingerprint density at radius 3 is 1.73 bits per heavy atom.